The van der Waals surface area contributed by atoms with Crippen molar-refractivity contribution in [3.63, 3.8) is 0 Å². The molecule has 2 aromatic rings. The molecule has 0 aliphatic rings. The number of nitrogens with one attached hydrogen (secondary N) is 3. The molecular formula is C14H18ClN5O2. The molecule has 0 aliphatic carbocycles. The Morgan fingerprint density at radius 3 is 2.82 bits per heavy atom. The number of hydrogen-bond donors (Lipinski definition) is 3. The molecule has 0 radical (unpaired) electrons. The maximum atomic E-state index is 11.6. The molecule has 0 fully saturated rings. The van der Waals surface area contributed by atoms with Crippen LogP contribution in [0.5, 0.6) is 0 Å². The molecule has 7 nitrogen and oxygen atoms in total. The molecule has 3 amide bonds. The molecule has 118 valence electrons. The summed E-state index contributed by atoms with van der Waals surface area (Å²) >= 11 is 5.90. The zero-order valence-electron chi connectivity index (χ0n) is 12.2. The molecule has 0 spiro atoms. The molecule has 3 N–H and O–H groups in total. The Hall–Kier alpha value is -2.28. The number of nitrogens with zero attached hydrogens (tertiary/aromatic N) is 2. The summed E-state index contributed by atoms with van der Waals surface area (Å²) in [6.07, 6.45) is 4.39. The third kappa shape index (κ3) is 4.63. The minimum absolute atomic E-state index is 0.0490. The van der Waals surface area contributed by atoms with E-state index in [0.717, 1.165) is 12.1 Å². The molecule has 0 bridgehead atoms. The van der Waals surface area contributed by atoms with Crippen LogP contribution in [0.1, 0.15) is 19.0 Å². The van der Waals surface area contributed by atoms with E-state index < -0.39 is 6.03 Å². The molecule has 2 aromatic heterocycles. The van der Waals surface area contributed by atoms with Gasteiger partial charge in [-0.2, -0.15) is 0 Å². The smallest absolute Gasteiger partial charge is 0.315 e. The van der Waals surface area contributed by atoms with Crippen LogP contribution in [0.25, 0.3) is 5.65 Å². The molecule has 0 aliphatic heterocycles. The molecule has 0 atom stereocenters. The fourth-order valence-electron chi connectivity index (χ4n) is 1.82. The lowest BCUT2D eigenvalue weighted by atomic mass is 10.4. The Kier molecular flexibility index (Phi) is 5.60. The Morgan fingerprint density at radius 2 is 2.05 bits per heavy atom. The third-order valence-electron chi connectivity index (χ3n) is 2.88. The van der Waals surface area contributed by atoms with Crippen molar-refractivity contribution in [3.05, 3.63) is 35.2 Å². The number of halogens is 1. The van der Waals surface area contributed by atoms with Crippen molar-refractivity contribution in [2.75, 3.05) is 13.1 Å². The third-order valence-corrected chi connectivity index (χ3v) is 3.10. The lowest BCUT2D eigenvalue weighted by Crippen LogP contribution is -2.41. The highest BCUT2D eigenvalue weighted by Gasteiger charge is 2.06. The molecule has 0 saturated carbocycles. The maximum Gasteiger partial charge on any atom is 0.315 e. The van der Waals surface area contributed by atoms with Crippen LogP contribution in [-0.4, -0.2) is 34.4 Å². The summed E-state index contributed by atoms with van der Waals surface area (Å²) in [5, 5.41) is 8.42. The lowest BCUT2D eigenvalue weighted by Gasteiger charge is -2.06. The van der Waals surface area contributed by atoms with Crippen molar-refractivity contribution in [2.24, 2.45) is 0 Å². The molecule has 0 aromatic carbocycles. The van der Waals surface area contributed by atoms with Gasteiger partial charge < -0.3 is 20.4 Å². The van der Waals surface area contributed by atoms with E-state index in [2.05, 4.69) is 20.9 Å². The van der Waals surface area contributed by atoms with Crippen LogP contribution in [0.2, 0.25) is 5.02 Å². The van der Waals surface area contributed by atoms with Crippen molar-refractivity contribution in [3.8, 4) is 0 Å². The molecule has 2 rings (SSSR count). The Balaban J connectivity index is 1.78. The van der Waals surface area contributed by atoms with Crippen molar-refractivity contribution < 1.29 is 9.59 Å². The fraction of sp³-hybridized carbons (Fsp3) is 0.357. The molecule has 8 heteroatoms. The van der Waals surface area contributed by atoms with Gasteiger partial charge in [0, 0.05) is 18.9 Å². The number of imidazole rings is 1. The number of rotatable bonds is 6. The van der Waals surface area contributed by atoms with Gasteiger partial charge in [-0.1, -0.05) is 18.5 Å². The van der Waals surface area contributed by atoms with E-state index in [1.54, 1.807) is 28.9 Å². The van der Waals surface area contributed by atoms with Crippen LogP contribution in [0.4, 0.5) is 4.79 Å². The van der Waals surface area contributed by atoms with Crippen molar-refractivity contribution in [1.29, 1.82) is 0 Å². The van der Waals surface area contributed by atoms with Crippen molar-refractivity contribution in [1.82, 2.24) is 25.3 Å². The van der Waals surface area contributed by atoms with Crippen LogP contribution in [0.15, 0.2) is 24.5 Å². The zero-order chi connectivity index (χ0) is 15.9. The van der Waals surface area contributed by atoms with Gasteiger partial charge in [0.1, 0.15) is 5.65 Å². The van der Waals surface area contributed by atoms with Gasteiger partial charge in [-0.25, -0.2) is 9.78 Å². The van der Waals surface area contributed by atoms with Gasteiger partial charge in [0.15, 0.2) is 0 Å². The number of amides is 3. The monoisotopic (exact) mass is 323 g/mol. The van der Waals surface area contributed by atoms with Gasteiger partial charge in [-0.15, -0.1) is 0 Å². The van der Waals surface area contributed by atoms with Gasteiger partial charge in [0.05, 0.1) is 23.8 Å². The van der Waals surface area contributed by atoms with Crippen LogP contribution in [0, 0.1) is 0 Å². The predicted octanol–water partition coefficient (Wildman–Crippen LogP) is 1.31. The van der Waals surface area contributed by atoms with E-state index in [4.69, 9.17) is 11.6 Å². The first kappa shape index (κ1) is 16.1. The standard InChI is InChI=1S/C14H18ClN5O2/c1-2-5-16-13(21)7-18-14(22)17-6-11-9-20-8-10(15)3-4-12(20)19-11/h3-4,8-9H,2,5-7H2,1H3,(H,16,21)(H2,17,18,22). The second-order valence-electron chi connectivity index (χ2n) is 4.73. The largest absolute Gasteiger partial charge is 0.355 e. The van der Waals surface area contributed by atoms with E-state index >= 15 is 0 Å². The Morgan fingerprint density at radius 1 is 1.23 bits per heavy atom. The summed E-state index contributed by atoms with van der Waals surface area (Å²) in [4.78, 5) is 27.3. The number of aromatic nitrogens is 2. The first-order valence-electron chi connectivity index (χ1n) is 7.00. The van der Waals surface area contributed by atoms with E-state index in [1.807, 2.05) is 6.92 Å². The van der Waals surface area contributed by atoms with Gasteiger partial charge in [-0.05, 0) is 18.6 Å². The lowest BCUT2D eigenvalue weighted by molar-refractivity contribution is -0.120. The van der Waals surface area contributed by atoms with Crippen LogP contribution < -0.4 is 16.0 Å². The quantitative estimate of drug-likeness (QED) is 0.749. The number of carbonyl (C=O) groups is 2. The number of fused-ring (bicyclic) bond motifs is 1. The minimum atomic E-state index is -0.415. The average molecular weight is 324 g/mol. The normalized spacial score (nSPS) is 10.5. The summed E-state index contributed by atoms with van der Waals surface area (Å²) in [6, 6.07) is 3.13. The zero-order valence-corrected chi connectivity index (χ0v) is 13.0. The summed E-state index contributed by atoms with van der Waals surface area (Å²) in [5.41, 5.74) is 1.45. The number of urea groups is 1. The van der Waals surface area contributed by atoms with Gasteiger partial charge in [-0.3, -0.25) is 4.79 Å². The van der Waals surface area contributed by atoms with Gasteiger partial charge in [0.25, 0.3) is 0 Å². The Labute approximate surface area is 133 Å². The molecule has 0 unspecified atom stereocenters. The highest BCUT2D eigenvalue weighted by Crippen LogP contribution is 2.11. The summed E-state index contributed by atoms with van der Waals surface area (Å²) < 4.78 is 1.79. The highest BCUT2D eigenvalue weighted by molar-refractivity contribution is 6.30. The maximum absolute atomic E-state index is 11.6. The SMILES string of the molecule is CCCNC(=O)CNC(=O)NCc1cn2cc(Cl)ccc2n1. The topological polar surface area (TPSA) is 87.5 Å². The second-order valence-corrected chi connectivity index (χ2v) is 5.17. The van der Waals surface area contributed by atoms with Gasteiger partial charge >= 0.3 is 6.03 Å². The minimum Gasteiger partial charge on any atom is -0.355 e. The molecule has 22 heavy (non-hydrogen) atoms. The summed E-state index contributed by atoms with van der Waals surface area (Å²) in [7, 11) is 0. The molecule has 2 heterocycles. The molecular weight excluding hydrogens is 306 g/mol. The first-order chi connectivity index (χ1) is 10.6. The van der Waals surface area contributed by atoms with Crippen molar-refractivity contribution >= 4 is 29.2 Å². The van der Waals surface area contributed by atoms with Crippen molar-refractivity contribution in [2.45, 2.75) is 19.9 Å². The van der Waals surface area contributed by atoms with Gasteiger partial charge in [0.2, 0.25) is 5.91 Å². The number of hydrogen-bond acceptors (Lipinski definition) is 3. The predicted molar refractivity (Wildman–Crippen MR) is 83.7 cm³/mol. The van der Waals surface area contributed by atoms with E-state index in [0.29, 0.717) is 17.3 Å². The summed E-state index contributed by atoms with van der Waals surface area (Å²) in [5.74, 6) is -0.209. The van der Waals surface area contributed by atoms with Crippen LogP contribution in [0.3, 0.4) is 0 Å². The van der Waals surface area contributed by atoms with Crippen LogP contribution in [-0.2, 0) is 11.3 Å². The highest BCUT2D eigenvalue weighted by atomic mass is 35.5. The fourth-order valence-corrected chi connectivity index (χ4v) is 1.99. The first-order valence-corrected chi connectivity index (χ1v) is 7.38. The Bertz CT molecular complexity index is 670. The van der Waals surface area contributed by atoms with E-state index in [1.165, 1.54) is 0 Å². The average Bonchev–Trinajstić information content (AvgIpc) is 2.90. The number of carbonyl (C=O) groups excluding carboxylic acids is 2. The molecule has 0 saturated heterocycles. The van der Waals surface area contributed by atoms with E-state index in [-0.39, 0.29) is 19.0 Å². The summed E-state index contributed by atoms with van der Waals surface area (Å²) in [6.45, 7) is 2.78. The van der Waals surface area contributed by atoms with Crippen LogP contribution >= 0.6 is 11.6 Å². The second kappa shape index (κ2) is 7.65. The number of pyridine rings is 1. The van der Waals surface area contributed by atoms with E-state index in [9.17, 15) is 9.59 Å².